The summed E-state index contributed by atoms with van der Waals surface area (Å²) < 4.78 is 26.9. The lowest BCUT2D eigenvalue weighted by atomic mass is 10.4. The van der Waals surface area contributed by atoms with Crippen molar-refractivity contribution in [1.29, 1.82) is 0 Å². The zero-order valence-corrected chi connectivity index (χ0v) is 12.8. The first-order valence-corrected chi connectivity index (χ1v) is 8.44. The molecule has 5 nitrogen and oxygen atoms in total. The van der Waals surface area contributed by atoms with Crippen molar-refractivity contribution in [2.24, 2.45) is 0 Å². The summed E-state index contributed by atoms with van der Waals surface area (Å²) in [5.74, 6) is 0. The van der Waals surface area contributed by atoms with E-state index in [-0.39, 0.29) is 8.68 Å². The van der Waals surface area contributed by atoms with Crippen molar-refractivity contribution >= 4 is 33.0 Å². The smallest absolute Gasteiger partial charge is 0.254 e. The second-order valence-corrected chi connectivity index (χ2v) is 7.89. The Morgan fingerprint density at radius 2 is 1.94 bits per heavy atom. The highest BCUT2D eigenvalue weighted by atomic mass is 35.5. The number of halogens is 1. The molecule has 1 aliphatic rings. The van der Waals surface area contributed by atoms with Gasteiger partial charge in [0.25, 0.3) is 10.0 Å². The van der Waals surface area contributed by atoms with Crippen molar-refractivity contribution in [2.45, 2.75) is 18.1 Å². The van der Waals surface area contributed by atoms with Crippen LogP contribution in [-0.4, -0.2) is 55.3 Å². The third kappa shape index (κ3) is 2.70. The number of hydrogen-bond donors (Lipinski definition) is 0. The van der Waals surface area contributed by atoms with Crippen molar-refractivity contribution < 1.29 is 8.42 Å². The van der Waals surface area contributed by atoms with Gasteiger partial charge in [-0.15, -0.1) is 0 Å². The van der Waals surface area contributed by atoms with Gasteiger partial charge in [-0.3, -0.25) is 0 Å². The van der Waals surface area contributed by atoms with Crippen molar-refractivity contribution in [3.05, 3.63) is 10.2 Å². The lowest BCUT2D eigenvalue weighted by molar-refractivity contribution is 0.196. The number of nitrogens with zero attached hydrogens (tertiary/aromatic N) is 3. The largest absolute Gasteiger partial charge is 0.301 e. The number of piperazine rings is 1. The van der Waals surface area contributed by atoms with E-state index in [0.717, 1.165) is 31.0 Å². The molecule has 1 aromatic rings. The van der Waals surface area contributed by atoms with Crippen LogP contribution in [0.15, 0.2) is 4.21 Å². The van der Waals surface area contributed by atoms with Gasteiger partial charge in [0.15, 0.2) is 8.68 Å². The van der Waals surface area contributed by atoms with Crippen LogP contribution < -0.4 is 0 Å². The maximum absolute atomic E-state index is 12.4. The molecule has 0 N–H and O–H groups in total. The van der Waals surface area contributed by atoms with Crippen LogP contribution in [0.4, 0.5) is 0 Å². The number of rotatable bonds is 3. The molecule has 1 saturated heterocycles. The average molecular weight is 310 g/mol. The zero-order valence-electron chi connectivity index (χ0n) is 10.4. The maximum Gasteiger partial charge on any atom is 0.254 e. The molecule has 0 spiro atoms. The predicted molar refractivity (Wildman–Crippen MR) is 72.7 cm³/mol. The molecule has 0 atom stereocenters. The topological polar surface area (TPSA) is 53.5 Å². The number of likely N-dealkylation sites (N-methyl/N-ethyl adjacent to an activating group) is 1. The number of hydrogen-bond acceptors (Lipinski definition) is 5. The Balaban J connectivity index is 2.20. The number of aromatic nitrogens is 1. The average Bonchev–Trinajstić information content (AvgIpc) is 2.69. The third-order valence-corrected chi connectivity index (χ3v) is 6.83. The molecule has 2 heterocycles. The maximum atomic E-state index is 12.4. The van der Waals surface area contributed by atoms with Crippen LogP contribution in [0.5, 0.6) is 0 Å². The van der Waals surface area contributed by atoms with Gasteiger partial charge >= 0.3 is 0 Å². The quantitative estimate of drug-likeness (QED) is 0.847. The molecule has 0 radical (unpaired) electrons. The number of aryl methyl sites for hydroxylation is 1. The second kappa shape index (κ2) is 5.42. The van der Waals surface area contributed by atoms with E-state index in [1.807, 2.05) is 0 Å². The minimum absolute atomic E-state index is 0.275. The molecule has 0 aromatic carbocycles. The first kappa shape index (κ1) is 14.2. The lowest BCUT2D eigenvalue weighted by Crippen LogP contribution is -2.48. The highest BCUT2D eigenvalue weighted by molar-refractivity contribution is 7.91. The van der Waals surface area contributed by atoms with Gasteiger partial charge in [0.2, 0.25) is 0 Å². The van der Waals surface area contributed by atoms with E-state index in [0.29, 0.717) is 18.8 Å². The van der Waals surface area contributed by atoms with Crippen molar-refractivity contribution in [2.75, 3.05) is 32.7 Å². The van der Waals surface area contributed by atoms with E-state index < -0.39 is 10.0 Å². The summed E-state index contributed by atoms with van der Waals surface area (Å²) in [5, 5.41) is 0. The van der Waals surface area contributed by atoms with Crippen molar-refractivity contribution in [3.63, 3.8) is 0 Å². The molecule has 1 aromatic heterocycles. The van der Waals surface area contributed by atoms with Gasteiger partial charge in [0, 0.05) is 26.2 Å². The second-order valence-electron chi connectivity index (χ2n) is 4.18. The standard InChI is InChI=1S/C10H16ClN3O2S2/c1-3-13-4-6-14(7-5-13)18(15,16)9-8(2)12-10(11)17-9/h3-7H2,1-2H3. The molecule has 1 fully saturated rings. The summed E-state index contributed by atoms with van der Waals surface area (Å²) in [6, 6.07) is 0. The first-order chi connectivity index (χ1) is 8.45. The molecule has 2 rings (SSSR count). The van der Waals surface area contributed by atoms with Crippen LogP contribution >= 0.6 is 22.9 Å². The fourth-order valence-electron chi connectivity index (χ4n) is 1.99. The van der Waals surface area contributed by atoms with Gasteiger partial charge in [0.1, 0.15) is 0 Å². The Hall–Kier alpha value is -0.210. The minimum atomic E-state index is -3.43. The molecule has 0 bridgehead atoms. The van der Waals surface area contributed by atoms with Gasteiger partial charge in [-0.05, 0) is 13.5 Å². The Labute approximate surface area is 116 Å². The van der Waals surface area contributed by atoms with E-state index in [4.69, 9.17) is 11.6 Å². The summed E-state index contributed by atoms with van der Waals surface area (Å²) in [6.45, 7) is 7.34. The van der Waals surface area contributed by atoms with E-state index in [2.05, 4.69) is 16.8 Å². The van der Waals surface area contributed by atoms with Gasteiger partial charge in [-0.25, -0.2) is 13.4 Å². The van der Waals surface area contributed by atoms with E-state index in [9.17, 15) is 8.42 Å². The van der Waals surface area contributed by atoms with Crippen LogP contribution in [-0.2, 0) is 10.0 Å². The fraction of sp³-hybridized carbons (Fsp3) is 0.700. The van der Waals surface area contributed by atoms with Gasteiger partial charge < -0.3 is 4.90 Å². The molecule has 0 amide bonds. The molecule has 18 heavy (non-hydrogen) atoms. The molecule has 102 valence electrons. The predicted octanol–water partition coefficient (Wildman–Crippen LogP) is 1.43. The first-order valence-electron chi connectivity index (χ1n) is 5.80. The van der Waals surface area contributed by atoms with Gasteiger partial charge in [0.05, 0.1) is 5.69 Å². The Bertz CT molecular complexity index is 521. The molecule has 0 unspecified atom stereocenters. The molecular weight excluding hydrogens is 294 g/mol. The molecule has 8 heteroatoms. The Morgan fingerprint density at radius 3 is 2.39 bits per heavy atom. The molecule has 0 saturated carbocycles. The minimum Gasteiger partial charge on any atom is -0.301 e. The molecule has 0 aliphatic carbocycles. The number of sulfonamides is 1. The van der Waals surface area contributed by atoms with E-state index in [1.54, 1.807) is 6.92 Å². The third-order valence-electron chi connectivity index (χ3n) is 3.08. The molecular formula is C10H16ClN3O2S2. The van der Waals surface area contributed by atoms with Gasteiger partial charge in [-0.2, -0.15) is 4.31 Å². The van der Waals surface area contributed by atoms with Crippen LogP contribution in [0, 0.1) is 6.92 Å². The fourth-order valence-corrected chi connectivity index (χ4v) is 5.29. The van der Waals surface area contributed by atoms with Crippen molar-refractivity contribution in [3.8, 4) is 0 Å². The summed E-state index contributed by atoms with van der Waals surface area (Å²) >= 11 is 6.81. The van der Waals surface area contributed by atoms with Crippen molar-refractivity contribution in [1.82, 2.24) is 14.2 Å². The Morgan fingerprint density at radius 1 is 1.33 bits per heavy atom. The highest BCUT2D eigenvalue weighted by Gasteiger charge is 2.31. The lowest BCUT2D eigenvalue weighted by Gasteiger charge is -2.32. The SMILES string of the molecule is CCN1CCN(S(=O)(=O)c2sc(Cl)nc2C)CC1. The van der Waals surface area contributed by atoms with Crippen LogP contribution in [0.2, 0.25) is 4.47 Å². The Kier molecular flexibility index (Phi) is 4.28. The monoisotopic (exact) mass is 309 g/mol. The van der Waals surface area contributed by atoms with E-state index >= 15 is 0 Å². The summed E-state index contributed by atoms with van der Waals surface area (Å²) in [7, 11) is -3.43. The highest BCUT2D eigenvalue weighted by Crippen LogP contribution is 2.29. The molecule has 1 aliphatic heterocycles. The van der Waals surface area contributed by atoms with Gasteiger partial charge in [-0.1, -0.05) is 29.9 Å². The summed E-state index contributed by atoms with van der Waals surface area (Å²) in [5.41, 5.74) is 0.489. The number of thiazole rings is 1. The summed E-state index contributed by atoms with van der Waals surface area (Å²) in [4.78, 5) is 6.21. The van der Waals surface area contributed by atoms with Crippen LogP contribution in [0.1, 0.15) is 12.6 Å². The van der Waals surface area contributed by atoms with Crippen LogP contribution in [0.25, 0.3) is 0 Å². The summed E-state index contributed by atoms with van der Waals surface area (Å²) in [6.07, 6.45) is 0. The zero-order chi connectivity index (χ0) is 13.3. The normalized spacial score (nSPS) is 19.3. The van der Waals surface area contributed by atoms with E-state index in [1.165, 1.54) is 4.31 Å². The van der Waals surface area contributed by atoms with Crippen LogP contribution in [0.3, 0.4) is 0 Å².